The van der Waals surface area contributed by atoms with Crippen molar-refractivity contribution in [3.63, 3.8) is 0 Å². The quantitative estimate of drug-likeness (QED) is 0.704. The summed E-state index contributed by atoms with van der Waals surface area (Å²) in [5.74, 6) is 0.255. The number of aliphatic hydroxyl groups excluding tert-OH is 1. The molecule has 2 unspecified atom stereocenters. The highest BCUT2D eigenvalue weighted by atomic mass is 16.3. The molecule has 0 radical (unpaired) electrons. The maximum Gasteiger partial charge on any atom is 0.129 e. The second kappa shape index (κ2) is 20.0. The molecule has 0 aliphatic heterocycles. The van der Waals surface area contributed by atoms with Gasteiger partial charge in [0.1, 0.15) is 5.78 Å². The normalized spacial score (nSPS) is 11.8. The van der Waals surface area contributed by atoms with Crippen LogP contribution in [-0.2, 0) is 4.79 Å². The van der Waals surface area contributed by atoms with Gasteiger partial charge < -0.3 is 21.8 Å². The van der Waals surface area contributed by atoms with Crippen molar-refractivity contribution in [1.29, 1.82) is 0 Å². The van der Waals surface area contributed by atoms with E-state index in [1.165, 1.54) is 0 Å². The van der Waals surface area contributed by atoms with Crippen molar-refractivity contribution < 1.29 is 11.3 Å². The third-order valence-electron chi connectivity index (χ3n) is 1.73. The zero-order valence-corrected chi connectivity index (χ0v) is 11.9. The summed E-state index contributed by atoms with van der Waals surface area (Å²) in [6, 6.07) is 0.384. The van der Waals surface area contributed by atoms with Crippen molar-refractivity contribution >= 4 is 5.78 Å². The fourth-order valence-corrected chi connectivity index (χ4v) is 0. The molecule has 0 aromatic carbocycles. The summed E-state index contributed by atoms with van der Waals surface area (Å²) in [6.07, 6.45) is 2.50. The molecule has 0 aliphatic carbocycles. The summed E-state index contributed by atoms with van der Waals surface area (Å²) in [6.45, 7) is 11.2. The molecule has 0 aliphatic rings. The van der Waals surface area contributed by atoms with Crippen LogP contribution >= 0.6 is 0 Å². The Labute approximate surface area is 103 Å². The zero-order valence-electron chi connectivity index (χ0n) is 11.9. The van der Waals surface area contributed by atoms with Crippen LogP contribution in [0.25, 0.3) is 0 Å². The van der Waals surface area contributed by atoms with Gasteiger partial charge in [0.2, 0.25) is 0 Å². The summed E-state index contributed by atoms with van der Waals surface area (Å²) in [5.41, 5.74) is 5.29. The van der Waals surface area contributed by atoms with E-state index in [-0.39, 0.29) is 19.5 Å². The van der Waals surface area contributed by atoms with Gasteiger partial charge >= 0.3 is 0 Å². The van der Waals surface area contributed by atoms with Gasteiger partial charge in [0, 0.05) is 13.9 Å². The van der Waals surface area contributed by atoms with E-state index in [4.69, 9.17) is 10.8 Å². The van der Waals surface area contributed by atoms with Crippen molar-refractivity contribution in [2.45, 2.75) is 73.0 Å². The lowest BCUT2D eigenvalue weighted by Crippen LogP contribution is -2.11. The van der Waals surface area contributed by atoms with Crippen molar-refractivity contribution in [2.24, 2.45) is 5.73 Å². The number of rotatable bonds is 3. The number of carbonyl (C=O) groups is 1. The van der Waals surface area contributed by atoms with Gasteiger partial charge in [0.25, 0.3) is 0 Å². The lowest BCUT2D eigenvalue weighted by Gasteiger charge is -1.91. The van der Waals surface area contributed by atoms with Gasteiger partial charge in [0.15, 0.2) is 0 Å². The number of aliphatic hydroxyl groups is 1. The molecule has 104 valence electrons. The lowest BCUT2D eigenvalue weighted by atomic mass is 10.3. The molecular formula is C12H34N2O2. The van der Waals surface area contributed by atoms with Gasteiger partial charge in [-0.25, -0.2) is 0 Å². The first-order valence-corrected chi connectivity index (χ1v) is 5.74. The van der Waals surface area contributed by atoms with Crippen LogP contribution in [0.5, 0.6) is 0 Å². The SMILES string of the molecule is CCC(C)=O.CCC(C)N.CCC(C)O.N.[HH]. The smallest absolute Gasteiger partial charge is 0.129 e. The minimum absolute atomic E-state index is 0. The molecule has 0 saturated carbocycles. The predicted octanol–water partition coefficient (Wildman–Crippen LogP) is 2.91. The molecule has 0 saturated heterocycles. The van der Waals surface area contributed by atoms with Crippen LogP contribution in [0.4, 0.5) is 0 Å². The van der Waals surface area contributed by atoms with E-state index in [2.05, 4.69) is 6.92 Å². The van der Waals surface area contributed by atoms with E-state index in [1.807, 2.05) is 20.8 Å². The minimum Gasteiger partial charge on any atom is -0.393 e. The molecule has 0 fully saturated rings. The third-order valence-corrected chi connectivity index (χ3v) is 1.73. The monoisotopic (exact) mass is 238 g/mol. The highest BCUT2D eigenvalue weighted by molar-refractivity contribution is 5.74. The zero-order chi connectivity index (χ0) is 12.9. The summed E-state index contributed by atoms with van der Waals surface area (Å²) >= 11 is 0. The molecule has 0 spiro atoms. The minimum atomic E-state index is -0.116. The first-order valence-electron chi connectivity index (χ1n) is 5.74. The molecule has 2 atom stereocenters. The van der Waals surface area contributed by atoms with Gasteiger partial charge in [-0.05, 0) is 33.6 Å². The van der Waals surface area contributed by atoms with Gasteiger partial charge in [-0.1, -0.05) is 20.8 Å². The molecule has 6 N–H and O–H groups in total. The average molecular weight is 238 g/mol. The van der Waals surface area contributed by atoms with E-state index in [0.717, 1.165) is 12.8 Å². The Kier molecular flexibility index (Phi) is 30.9. The largest absolute Gasteiger partial charge is 0.393 e. The van der Waals surface area contributed by atoms with Crippen LogP contribution < -0.4 is 11.9 Å². The fraction of sp³-hybridized carbons (Fsp3) is 0.917. The highest BCUT2D eigenvalue weighted by Gasteiger charge is 1.81. The van der Waals surface area contributed by atoms with Crippen LogP contribution in [0.15, 0.2) is 0 Å². The Balaban J connectivity index is -0.0000000400. The molecule has 0 rings (SSSR count). The van der Waals surface area contributed by atoms with Crippen molar-refractivity contribution in [3.05, 3.63) is 0 Å². The van der Waals surface area contributed by atoms with Crippen molar-refractivity contribution in [2.75, 3.05) is 0 Å². The second-order valence-electron chi connectivity index (χ2n) is 3.70. The number of hydrogen-bond acceptors (Lipinski definition) is 4. The van der Waals surface area contributed by atoms with Crippen LogP contribution in [0.3, 0.4) is 0 Å². The van der Waals surface area contributed by atoms with E-state index < -0.39 is 0 Å². The molecule has 4 heteroatoms. The standard InChI is InChI=1S/C4H11N.C4H10O.C4H8O.H3N.H2/c3*1-3-4(2)5;;/h4H,3,5H2,1-2H3;4-5H,3H2,1-2H3;3H2,1-2H3;1H3;1H. The molecule has 0 aromatic rings. The van der Waals surface area contributed by atoms with E-state index in [0.29, 0.717) is 12.5 Å². The second-order valence-corrected chi connectivity index (χ2v) is 3.70. The highest BCUT2D eigenvalue weighted by Crippen LogP contribution is 1.81. The lowest BCUT2D eigenvalue weighted by molar-refractivity contribution is -0.116. The number of ketones is 1. The molecule has 16 heavy (non-hydrogen) atoms. The maximum absolute atomic E-state index is 9.81. The molecule has 4 nitrogen and oxygen atoms in total. The van der Waals surface area contributed by atoms with Crippen LogP contribution in [-0.4, -0.2) is 23.0 Å². The van der Waals surface area contributed by atoms with Crippen LogP contribution in [0.1, 0.15) is 62.2 Å². The van der Waals surface area contributed by atoms with E-state index in [9.17, 15) is 4.79 Å². The molecule has 0 aromatic heterocycles. The Morgan fingerprint density at radius 2 is 1.44 bits per heavy atom. The van der Waals surface area contributed by atoms with Crippen molar-refractivity contribution in [1.82, 2.24) is 6.15 Å². The van der Waals surface area contributed by atoms with Crippen LogP contribution in [0.2, 0.25) is 0 Å². The molecule has 0 bridgehead atoms. The predicted molar refractivity (Wildman–Crippen MR) is 74.0 cm³/mol. The van der Waals surface area contributed by atoms with E-state index >= 15 is 0 Å². The summed E-state index contributed by atoms with van der Waals surface area (Å²) < 4.78 is 0. The fourth-order valence-electron chi connectivity index (χ4n) is 0. The first-order chi connectivity index (χ1) is 6.81. The van der Waals surface area contributed by atoms with Gasteiger partial charge in [-0.15, -0.1) is 0 Å². The van der Waals surface area contributed by atoms with Crippen molar-refractivity contribution in [3.8, 4) is 0 Å². The topological polar surface area (TPSA) is 98.3 Å². The van der Waals surface area contributed by atoms with Crippen LogP contribution in [0, 0.1) is 0 Å². The van der Waals surface area contributed by atoms with Gasteiger partial charge in [0.05, 0.1) is 6.10 Å². The van der Waals surface area contributed by atoms with Gasteiger partial charge in [-0.3, -0.25) is 0 Å². The molecular weight excluding hydrogens is 204 g/mol. The van der Waals surface area contributed by atoms with Gasteiger partial charge in [-0.2, -0.15) is 0 Å². The third kappa shape index (κ3) is 69.3. The summed E-state index contributed by atoms with van der Waals surface area (Å²) in [5, 5.41) is 8.36. The Hall–Kier alpha value is -0.450. The Morgan fingerprint density at radius 3 is 1.44 bits per heavy atom. The number of hydrogen-bond donors (Lipinski definition) is 3. The van der Waals surface area contributed by atoms with E-state index in [1.54, 1.807) is 13.8 Å². The maximum atomic E-state index is 9.81. The Bertz CT molecular complexity index is 124. The number of carbonyl (C=O) groups excluding carboxylic acids is 1. The average Bonchev–Trinajstić information content (AvgIpc) is 2.19. The molecule has 0 amide bonds. The summed E-state index contributed by atoms with van der Waals surface area (Å²) in [7, 11) is 0. The number of nitrogens with two attached hydrogens (primary N) is 1. The summed E-state index contributed by atoms with van der Waals surface area (Å²) in [4.78, 5) is 9.81. The number of Topliss-reactive ketones (excluding diaryl/α,β-unsaturated/α-hetero) is 1. The molecule has 0 heterocycles. The Morgan fingerprint density at radius 1 is 1.25 bits per heavy atom. The first kappa shape index (κ1) is 24.7.